The zero-order chi connectivity index (χ0) is 14.6. The number of aryl methyl sites for hydroxylation is 2. The summed E-state index contributed by atoms with van der Waals surface area (Å²) in [6.07, 6.45) is -0.173. The largest absolute Gasteiger partial charge is 0.478 e. The number of carboxylic acids is 1. The van der Waals surface area contributed by atoms with Gasteiger partial charge in [0.15, 0.2) is 0 Å². The SMILES string of the molecule is CCC(O)COC(=O)c1cc(C)c(C(=O)O)c(C)c1. The molecule has 0 amide bonds. The number of carboxylic acid groups (broad SMARTS) is 1. The first-order chi connectivity index (χ1) is 8.86. The fourth-order valence-electron chi connectivity index (χ4n) is 1.79. The van der Waals surface area contributed by atoms with Crippen LogP contribution in [0.25, 0.3) is 0 Å². The van der Waals surface area contributed by atoms with Crippen molar-refractivity contribution in [1.29, 1.82) is 0 Å². The summed E-state index contributed by atoms with van der Waals surface area (Å²) in [5, 5.41) is 18.4. The molecular formula is C14H18O5. The highest BCUT2D eigenvalue weighted by molar-refractivity contribution is 5.95. The first-order valence-corrected chi connectivity index (χ1v) is 6.06. The van der Waals surface area contributed by atoms with Crippen LogP contribution in [0.4, 0.5) is 0 Å². The molecule has 0 aromatic heterocycles. The Bertz CT molecular complexity index is 470. The summed E-state index contributed by atoms with van der Waals surface area (Å²) in [6, 6.07) is 2.97. The van der Waals surface area contributed by atoms with Crippen molar-refractivity contribution in [1.82, 2.24) is 0 Å². The van der Waals surface area contributed by atoms with E-state index < -0.39 is 18.0 Å². The lowest BCUT2D eigenvalue weighted by atomic mass is 9.99. The topological polar surface area (TPSA) is 83.8 Å². The molecule has 104 valence electrons. The van der Waals surface area contributed by atoms with Crippen molar-refractivity contribution in [3.05, 3.63) is 34.4 Å². The van der Waals surface area contributed by atoms with E-state index in [2.05, 4.69) is 0 Å². The number of rotatable bonds is 5. The van der Waals surface area contributed by atoms with E-state index in [4.69, 9.17) is 9.84 Å². The second kappa shape index (κ2) is 6.33. The Balaban J connectivity index is 2.91. The Hall–Kier alpha value is -1.88. The first-order valence-electron chi connectivity index (χ1n) is 6.06. The summed E-state index contributed by atoms with van der Waals surface area (Å²) in [4.78, 5) is 22.8. The van der Waals surface area contributed by atoms with Crippen molar-refractivity contribution in [3.8, 4) is 0 Å². The van der Waals surface area contributed by atoms with Crippen LogP contribution in [0, 0.1) is 13.8 Å². The summed E-state index contributed by atoms with van der Waals surface area (Å²) < 4.78 is 4.95. The van der Waals surface area contributed by atoms with E-state index in [1.165, 1.54) is 12.1 Å². The standard InChI is InChI=1S/C14H18O5/c1-4-11(15)7-19-14(18)10-5-8(2)12(13(16)17)9(3)6-10/h5-6,11,15H,4,7H2,1-3H3,(H,16,17). The van der Waals surface area contributed by atoms with E-state index in [0.717, 1.165) is 0 Å². The van der Waals surface area contributed by atoms with Crippen LogP contribution >= 0.6 is 0 Å². The van der Waals surface area contributed by atoms with E-state index in [1.807, 2.05) is 0 Å². The van der Waals surface area contributed by atoms with E-state index in [1.54, 1.807) is 20.8 Å². The number of ether oxygens (including phenoxy) is 1. The number of benzene rings is 1. The van der Waals surface area contributed by atoms with Crippen LogP contribution in [0.5, 0.6) is 0 Å². The fourth-order valence-corrected chi connectivity index (χ4v) is 1.79. The maximum Gasteiger partial charge on any atom is 0.338 e. The number of carbonyl (C=O) groups is 2. The van der Waals surface area contributed by atoms with E-state index in [-0.39, 0.29) is 12.2 Å². The van der Waals surface area contributed by atoms with Gasteiger partial charge >= 0.3 is 11.9 Å². The van der Waals surface area contributed by atoms with Crippen LogP contribution in [0.15, 0.2) is 12.1 Å². The maximum absolute atomic E-state index is 11.8. The Labute approximate surface area is 111 Å². The number of esters is 1. The summed E-state index contributed by atoms with van der Waals surface area (Å²) in [7, 11) is 0. The molecule has 1 aromatic rings. The van der Waals surface area contributed by atoms with Gasteiger partial charge in [-0.1, -0.05) is 6.92 Å². The third kappa shape index (κ3) is 3.79. The van der Waals surface area contributed by atoms with Gasteiger partial charge in [0, 0.05) is 0 Å². The van der Waals surface area contributed by atoms with Crippen LogP contribution in [0.1, 0.15) is 45.2 Å². The van der Waals surface area contributed by atoms with Gasteiger partial charge in [0.05, 0.1) is 17.2 Å². The minimum Gasteiger partial charge on any atom is -0.478 e. The molecule has 1 aromatic carbocycles. The highest BCUT2D eigenvalue weighted by Gasteiger charge is 2.16. The molecule has 0 radical (unpaired) electrons. The van der Waals surface area contributed by atoms with Gasteiger partial charge in [-0.05, 0) is 43.5 Å². The molecule has 0 heterocycles. The van der Waals surface area contributed by atoms with E-state index in [9.17, 15) is 14.7 Å². The molecule has 0 saturated carbocycles. The lowest BCUT2D eigenvalue weighted by Crippen LogP contribution is -2.18. The van der Waals surface area contributed by atoms with Crippen molar-refractivity contribution in [2.24, 2.45) is 0 Å². The number of aliphatic hydroxyl groups excluding tert-OH is 1. The summed E-state index contributed by atoms with van der Waals surface area (Å²) in [6.45, 7) is 4.99. The van der Waals surface area contributed by atoms with Crippen LogP contribution in [-0.2, 0) is 4.74 Å². The summed E-state index contributed by atoms with van der Waals surface area (Å²) in [5.41, 5.74) is 1.51. The smallest absolute Gasteiger partial charge is 0.338 e. The normalized spacial score (nSPS) is 12.0. The second-order valence-electron chi connectivity index (χ2n) is 4.45. The molecule has 1 atom stereocenters. The van der Waals surface area contributed by atoms with Crippen LogP contribution < -0.4 is 0 Å². The van der Waals surface area contributed by atoms with Crippen LogP contribution in [0.3, 0.4) is 0 Å². The molecule has 19 heavy (non-hydrogen) atoms. The predicted octanol–water partition coefficient (Wildman–Crippen LogP) is 1.93. The minimum atomic E-state index is -1.02. The van der Waals surface area contributed by atoms with Gasteiger partial charge in [0.2, 0.25) is 0 Å². The average molecular weight is 266 g/mol. The van der Waals surface area contributed by atoms with Gasteiger partial charge < -0.3 is 14.9 Å². The van der Waals surface area contributed by atoms with Crippen molar-refractivity contribution in [2.45, 2.75) is 33.3 Å². The molecule has 0 aliphatic rings. The average Bonchev–Trinajstić information content (AvgIpc) is 2.33. The summed E-state index contributed by atoms with van der Waals surface area (Å²) in [5.74, 6) is -1.58. The number of aliphatic hydroxyl groups is 1. The fraction of sp³-hybridized carbons (Fsp3) is 0.429. The van der Waals surface area contributed by atoms with Crippen molar-refractivity contribution < 1.29 is 24.5 Å². The molecule has 0 aliphatic carbocycles. The zero-order valence-corrected chi connectivity index (χ0v) is 11.3. The van der Waals surface area contributed by atoms with E-state index >= 15 is 0 Å². The third-order valence-electron chi connectivity index (χ3n) is 2.86. The Morgan fingerprint density at radius 2 is 1.79 bits per heavy atom. The molecule has 1 rings (SSSR count). The van der Waals surface area contributed by atoms with Gasteiger partial charge in [0.25, 0.3) is 0 Å². The zero-order valence-electron chi connectivity index (χ0n) is 11.3. The number of hydrogen-bond donors (Lipinski definition) is 2. The van der Waals surface area contributed by atoms with Gasteiger partial charge in [-0.2, -0.15) is 0 Å². The Morgan fingerprint density at radius 1 is 1.26 bits per heavy atom. The van der Waals surface area contributed by atoms with Crippen molar-refractivity contribution in [2.75, 3.05) is 6.61 Å². The first kappa shape index (κ1) is 15.2. The van der Waals surface area contributed by atoms with Gasteiger partial charge in [-0.15, -0.1) is 0 Å². The molecule has 0 saturated heterocycles. The van der Waals surface area contributed by atoms with Crippen molar-refractivity contribution in [3.63, 3.8) is 0 Å². The monoisotopic (exact) mass is 266 g/mol. The Morgan fingerprint density at radius 3 is 2.21 bits per heavy atom. The number of carbonyl (C=O) groups excluding carboxylic acids is 1. The molecule has 0 spiro atoms. The lowest BCUT2D eigenvalue weighted by Gasteiger charge is -2.11. The molecule has 5 heteroatoms. The van der Waals surface area contributed by atoms with Gasteiger partial charge in [-0.25, -0.2) is 9.59 Å². The predicted molar refractivity (Wildman–Crippen MR) is 69.5 cm³/mol. The highest BCUT2D eigenvalue weighted by atomic mass is 16.5. The lowest BCUT2D eigenvalue weighted by molar-refractivity contribution is 0.0249. The minimum absolute atomic E-state index is 0.0614. The van der Waals surface area contributed by atoms with Crippen molar-refractivity contribution >= 4 is 11.9 Å². The van der Waals surface area contributed by atoms with Gasteiger partial charge in [-0.3, -0.25) is 0 Å². The molecule has 2 N–H and O–H groups in total. The Kier molecular flexibility index (Phi) is 5.06. The number of aromatic carboxylic acids is 1. The molecule has 5 nitrogen and oxygen atoms in total. The van der Waals surface area contributed by atoms with Gasteiger partial charge in [0.1, 0.15) is 6.61 Å². The summed E-state index contributed by atoms with van der Waals surface area (Å²) >= 11 is 0. The molecule has 0 bridgehead atoms. The van der Waals surface area contributed by atoms with Crippen LogP contribution in [-0.4, -0.2) is 34.9 Å². The second-order valence-corrected chi connectivity index (χ2v) is 4.45. The molecule has 0 fully saturated rings. The highest BCUT2D eigenvalue weighted by Crippen LogP contribution is 2.17. The van der Waals surface area contributed by atoms with Crippen LogP contribution in [0.2, 0.25) is 0 Å². The number of hydrogen-bond acceptors (Lipinski definition) is 4. The quantitative estimate of drug-likeness (QED) is 0.795. The molecule has 0 aliphatic heterocycles. The maximum atomic E-state index is 11.8. The molecule has 1 unspecified atom stereocenters. The van der Waals surface area contributed by atoms with E-state index in [0.29, 0.717) is 23.1 Å². The third-order valence-corrected chi connectivity index (χ3v) is 2.86. The molecular weight excluding hydrogens is 248 g/mol.